The number of aromatic nitrogens is 4. The number of nitrogens with one attached hydrogen (secondary N) is 1. The van der Waals surface area contributed by atoms with Crippen LogP contribution in [0.5, 0.6) is 11.6 Å². The molecule has 0 aliphatic rings. The molecule has 1 N–H and O–H groups in total. The predicted molar refractivity (Wildman–Crippen MR) is 118 cm³/mol. The Morgan fingerprint density at radius 3 is 2.62 bits per heavy atom. The highest BCUT2D eigenvalue weighted by molar-refractivity contribution is 14.1. The summed E-state index contributed by atoms with van der Waals surface area (Å²) >= 11 is 2.18. The van der Waals surface area contributed by atoms with E-state index in [1.54, 1.807) is 60.4 Å². The molecule has 0 spiro atoms. The Bertz CT molecular complexity index is 1140. The van der Waals surface area contributed by atoms with Gasteiger partial charge < -0.3 is 10.1 Å². The fraction of sp³-hybridized carbons (Fsp3) is 0.0476. The first-order valence-corrected chi connectivity index (χ1v) is 9.85. The minimum Gasteiger partial charge on any atom is -0.439 e. The SMILES string of the molecule is Cc1nc(Oc2ccc(NC(=O)c3cccc(I)c3)cc2)cc(-n2cccn2)n1. The lowest BCUT2D eigenvalue weighted by molar-refractivity contribution is 0.102. The van der Waals surface area contributed by atoms with Crippen LogP contribution in [0, 0.1) is 10.5 Å². The zero-order valence-corrected chi connectivity index (χ0v) is 17.6. The Morgan fingerprint density at radius 1 is 1.07 bits per heavy atom. The zero-order valence-electron chi connectivity index (χ0n) is 15.4. The maximum Gasteiger partial charge on any atom is 0.255 e. The van der Waals surface area contributed by atoms with E-state index in [0.29, 0.717) is 34.5 Å². The molecule has 2 aromatic heterocycles. The van der Waals surface area contributed by atoms with Crippen molar-refractivity contribution in [3.8, 4) is 17.4 Å². The summed E-state index contributed by atoms with van der Waals surface area (Å²) in [5.74, 6) is 2.06. The fourth-order valence-electron chi connectivity index (χ4n) is 2.66. The van der Waals surface area contributed by atoms with Crippen molar-refractivity contribution >= 4 is 34.2 Å². The van der Waals surface area contributed by atoms with E-state index >= 15 is 0 Å². The summed E-state index contributed by atoms with van der Waals surface area (Å²) in [4.78, 5) is 21.0. The molecule has 4 aromatic rings. The van der Waals surface area contributed by atoms with E-state index in [2.05, 4.69) is 43.0 Å². The number of carbonyl (C=O) groups excluding carboxylic acids is 1. The van der Waals surface area contributed by atoms with E-state index in [0.717, 1.165) is 3.57 Å². The van der Waals surface area contributed by atoms with Crippen molar-refractivity contribution in [2.24, 2.45) is 0 Å². The van der Waals surface area contributed by atoms with Gasteiger partial charge in [-0.3, -0.25) is 4.79 Å². The highest BCUT2D eigenvalue weighted by Crippen LogP contribution is 2.23. The van der Waals surface area contributed by atoms with Gasteiger partial charge in [0.05, 0.1) is 0 Å². The third-order valence-electron chi connectivity index (χ3n) is 3.96. The average Bonchev–Trinajstić information content (AvgIpc) is 3.24. The first-order valence-electron chi connectivity index (χ1n) is 8.77. The number of nitrogens with zero attached hydrogens (tertiary/aromatic N) is 4. The largest absolute Gasteiger partial charge is 0.439 e. The van der Waals surface area contributed by atoms with E-state index in [1.807, 2.05) is 24.3 Å². The van der Waals surface area contributed by atoms with Gasteiger partial charge in [-0.2, -0.15) is 10.1 Å². The number of rotatable bonds is 5. The summed E-state index contributed by atoms with van der Waals surface area (Å²) < 4.78 is 8.50. The topological polar surface area (TPSA) is 81.9 Å². The smallest absolute Gasteiger partial charge is 0.255 e. The predicted octanol–water partition coefficient (Wildman–Crippen LogP) is 4.62. The van der Waals surface area contributed by atoms with Crippen LogP contribution in [0.15, 0.2) is 73.1 Å². The molecule has 0 fully saturated rings. The molecule has 2 aromatic carbocycles. The number of halogens is 1. The lowest BCUT2D eigenvalue weighted by Crippen LogP contribution is -2.11. The molecule has 0 saturated carbocycles. The standard InChI is InChI=1S/C21H16IN5O2/c1-14-24-19(27-11-3-10-23-27)13-20(25-14)29-18-8-6-17(7-9-18)26-21(28)15-4-2-5-16(22)12-15/h2-13H,1H3,(H,26,28). The summed E-state index contributed by atoms with van der Waals surface area (Å²) in [5, 5.41) is 7.05. The molecule has 1 amide bonds. The van der Waals surface area contributed by atoms with Crippen molar-refractivity contribution in [2.45, 2.75) is 6.92 Å². The van der Waals surface area contributed by atoms with E-state index in [-0.39, 0.29) is 5.91 Å². The summed E-state index contributed by atoms with van der Waals surface area (Å²) in [5.41, 5.74) is 1.29. The summed E-state index contributed by atoms with van der Waals surface area (Å²) in [7, 11) is 0. The molecule has 7 nitrogen and oxygen atoms in total. The summed E-state index contributed by atoms with van der Waals surface area (Å²) in [6, 6.07) is 18.1. The van der Waals surface area contributed by atoms with Gasteiger partial charge in [-0.1, -0.05) is 6.07 Å². The van der Waals surface area contributed by atoms with Gasteiger partial charge >= 0.3 is 0 Å². The molecule has 2 heterocycles. The first-order chi connectivity index (χ1) is 14.1. The van der Waals surface area contributed by atoms with Crippen molar-refractivity contribution in [2.75, 3.05) is 5.32 Å². The molecule has 4 rings (SSSR count). The van der Waals surface area contributed by atoms with Crippen molar-refractivity contribution in [3.05, 3.63) is 88.0 Å². The molecule has 29 heavy (non-hydrogen) atoms. The van der Waals surface area contributed by atoms with Gasteiger partial charge in [-0.05, 0) is 78.0 Å². The van der Waals surface area contributed by atoms with Crippen LogP contribution in [0.25, 0.3) is 5.82 Å². The monoisotopic (exact) mass is 497 g/mol. The van der Waals surface area contributed by atoms with Crippen molar-refractivity contribution < 1.29 is 9.53 Å². The number of benzene rings is 2. The number of aryl methyl sites for hydroxylation is 1. The van der Waals surface area contributed by atoms with Gasteiger partial charge in [0.2, 0.25) is 5.88 Å². The Labute approximate surface area is 180 Å². The van der Waals surface area contributed by atoms with Gasteiger partial charge in [0.15, 0.2) is 5.82 Å². The van der Waals surface area contributed by atoms with Crippen molar-refractivity contribution in [3.63, 3.8) is 0 Å². The fourth-order valence-corrected chi connectivity index (χ4v) is 3.20. The van der Waals surface area contributed by atoms with Gasteiger partial charge in [-0.15, -0.1) is 0 Å². The molecule has 144 valence electrons. The number of hydrogen-bond acceptors (Lipinski definition) is 5. The van der Waals surface area contributed by atoms with Crippen LogP contribution in [0.1, 0.15) is 16.2 Å². The molecule has 8 heteroatoms. The maximum absolute atomic E-state index is 12.4. The van der Waals surface area contributed by atoms with Crippen LogP contribution in [0.2, 0.25) is 0 Å². The van der Waals surface area contributed by atoms with Crippen molar-refractivity contribution in [1.82, 2.24) is 19.7 Å². The van der Waals surface area contributed by atoms with Crippen molar-refractivity contribution in [1.29, 1.82) is 0 Å². The third-order valence-corrected chi connectivity index (χ3v) is 4.63. The second-order valence-electron chi connectivity index (χ2n) is 6.15. The molecule has 0 aliphatic heterocycles. The lowest BCUT2D eigenvalue weighted by atomic mass is 10.2. The Balaban J connectivity index is 1.47. The maximum atomic E-state index is 12.4. The van der Waals surface area contributed by atoms with Gasteiger partial charge in [0.25, 0.3) is 5.91 Å². The third kappa shape index (κ3) is 4.77. The minimum atomic E-state index is -0.160. The Kier molecular flexibility index (Phi) is 5.52. The van der Waals surface area contributed by atoms with Crippen LogP contribution in [-0.4, -0.2) is 25.7 Å². The second-order valence-corrected chi connectivity index (χ2v) is 7.40. The second kappa shape index (κ2) is 8.39. The summed E-state index contributed by atoms with van der Waals surface area (Å²) in [6.07, 6.45) is 3.48. The van der Waals surface area contributed by atoms with Gasteiger partial charge in [0.1, 0.15) is 11.6 Å². The summed E-state index contributed by atoms with van der Waals surface area (Å²) in [6.45, 7) is 1.79. The quantitative estimate of drug-likeness (QED) is 0.407. The van der Waals surface area contributed by atoms with Crippen LogP contribution < -0.4 is 10.1 Å². The average molecular weight is 497 g/mol. The Morgan fingerprint density at radius 2 is 1.90 bits per heavy atom. The highest BCUT2D eigenvalue weighted by Gasteiger charge is 2.08. The van der Waals surface area contributed by atoms with Crippen LogP contribution in [0.3, 0.4) is 0 Å². The van der Waals surface area contributed by atoms with E-state index < -0.39 is 0 Å². The zero-order chi connectivity index (χ0) is 20.2. The van der Waals surface area contributed by atoms with E-state index in [9.17, 15) is 4.79 Å². The number of amides is 1. The first kappa shape index (κ1) is 19.1. The van der Waals surface area contributed by atoms with Gasteiger partial charge in [0, 0.05) is 33.3 Å². The molecular weight excluding hydrogens is 481 g/mol. The van der Waals surface area contributed by atoms with Gasteiger partial charge in [-0.25, -0.2) is 9.67 Å². The van der Waals surface area contributed by atoms with Crippen LogP contribution in [-0.2, 0) is 0 Å². The highest BCUT2D eigenvalue weighted by atomic mass is 127. The molecule has 0 radical (unpaired) electrons. The minimum absolute atomic E-state index is 0.160. The molecule has 0 atom stereocenters. The molecule has 0 saturated heterocycles. The van der Waals surface area contributed by atoms with E-state index in [1.165, 1.54) is 0 Å². The number of carbonyl (C=O) groups is 1. The molecule has 0 bridgehead atoms. The number of anilines is 1. The molecular formula is C21H16IN5O2. The number of ether oxygens (including phenoxy) is 1. The van der Waals surface area contributed by atoms with Crippen LogP contribution >= 0.6 is 22.6 Å². The van der Waals surface area contributed by atoms with Crippen LogP contribution in [0.4, 0.5) is 5.69 Å². The Hall–Kier alpha value is -3.27. The molecule has 0 unspecified atom stereocenters. The van der Waals surface area contributed by atoms with E-state index in [4.69, 9.17) is 4.74 Å². The number of hydrogen-bond donors (Lipinski definition) is 1. The normalized spacial score (nSPS) is 10.6. The lowest BCUT2D eigenvalue weighted by Gasteiger charge is -2.09. The molecule has 0 aliphatic carbocycles.